The molecular weight excluding hydrogens is 337 g/mol. The van der Waals surface area contributed by atoms with Crippen molar-refractivity contribution >= 4 is 23.5 Å². The van der Waals surface area contributed by atoms with Crippen LogP contribution in [0, 0.1) is 12.7 Å². The SMILES string of the molecule is Cc1cc(C(C=Nc2ccc(O)cc2)C(=O)Nc2ccc(F)cc2)on1. The molecule has 6 nitrogen and oxygen atoms in total. The standard InChI is InChI=1S/C19H16FN3O3/c1-12-10-18(26-23-12)17(11-21-14-6-8-16(24)9-7-14)19(25)22-15-4-2-13(20)3-5-15/h2-11,17,24H,1H3,(H,22,25). The number of phenols is 1. The third kappa shape index (κ3) is 4.32. The van der Waals surface area contributed by atoms with Crippen molar-refractivity contribution in [3.8, 4) is 5.75 Å². The fourth-order valence-electron chi connectivity index (χ4n) is 2.25. The Morgan fingerprint density at radius 2 is 1.92 bits per heavy atom. The first-order valence-electron chi connectivity index (χ1n) is 7.84. The zero-order valence-corrected chi connectivity index (χ0v) is 13.9. The maximum atomic E-state index is 13.0. The van der Waals surface area contributed by atoms with Gasteiger partial charge < -0.3 is 14.9 Å². The number of aryl methyl sites for hydroxylation is 1. The topological polar surface area (TPSA) is 87.7 Å². The molecule has 1 amide bonds. The Balaban J connectivity index is 1.84. The van der Waals surface area contributed by atoms with Crippen LogP contribution >= 0.6 is 0 Å². The van der Waals surface area contributed by atoms with E-state index in [1.807, 2.05) is 0 Å². The lowest BCUT2D eigenvalue weighted by molar-refractivity contribution is -0.116. The molecule has 1 unspecified atom stereocenters. The molecule has 1 heterocycles. The van der Waals surface area contributed by atoms with Crippen LogP contribution in [0.3, 0.4) is 0 Å². The van der Waals surface area contributed by atoms with Gasteiger partial charge in [0, 0.05) is 18.0 Å². The van der Waals surface area contributed by atoms with E-state index in [9.17, 15) is 14.3 Å². The summed E-state index contributed by atoms with van der Waals surface area (Å²) >= 11 is 0. The van der Waals surface area contributed by atoms with Crippen molar-refractivity contribution in [3.63, 3.8) is 0 Å². The summed E-state index contributed by atoms with van der Waals surface area (Å²) in [4.78, 5) is 16.9. The molecular formula is C19H16FN3O3. The number of benzene rings is 2. The lowest BCUT2D eigenvalue weighted by atomic mass is 10.1. The number of anilines is 1. The lowest BCUT2D eigenvalue weighted by Crippen LogP contribution is -2.22. The molecule has 26 heavy (non-hydrogen) atoms. The van der Waals surface area contributed by atoms with Gasteiger partial charge in [0.2, 0.25) is 5.91 Å². The third-order valence-electron chi connectivity index (χ3n) is 3.57. The minimum Gasteiger partial charge on any atom is -0.508 e. The van der Waals surface area contributed by atoms with Gasteiger partial charge in [-0.1, -0.05) is 5.16 Å². The Morgan fingerprint density at radius 1 is 1.23 bits per heavy atom. The highest BCUT2D eigenvalue weighted by molar-refractivity contribution is 6.06. The Hall–Kier alpha value is -3.48. The van der Waals surface area contributed by atoms with E-state index in [2.05, 4.69) is 15.5 Å². The second-order valence-corrected chi connectivity index (χ2v) is 5.64. The molecule has 7 heteroatoms. The largest absolute Gasteiger partial charge is 0.508 e. The van der Waals surface area contributed by atoms with Gasteiger partial charge in [0.25, 0.3) is 0 Å². The smallest absolute Gasteiger partial charge is 0.240 e. The van der Waals surface area contributed by atoms with Crippen molar-refractivity contribution in [1.29, 1.82) is 0 Å². The molecule has 0 bridgehead atoms. The van der Waals surface area contributed by atoms with Crippen molar-refractivity contribution in [2.45, 2.75) is 12.8 Å². The second kappa shape index (κ2) is 7.60. The van der Waals surface area contributed by atoms with Crippen molar-refractivity contribution in [2.75, 3.05) is 5.32 Å². The maximum Gasteiger partial charge on any atom is 0.240 e. The van der Waals surface area contributed by atoms with E-state index in [0.29, 0.717) is 22.8 Å². The number of rotatable bonds is 5. The second-order valence-electron chi connectivity index (χ2n) is 5.64. The highest BCUT2D eigenvalue weighted by Gasteiger charge is 2.23. The number of phenolic OH excluding ortho intramolecular Hbond substituents is 1. The molecule has 1 atom stereocenters. The van der Waals surface area contributed by atoms with Gasteiger partial charge in [-0.3, -0.25) is 9.79 Å². The van der Waals surface area contributed by atoms with Gasteiger partial charge in [0.1, 0.15) is 17.5 Å². The van der Waals surface area contributed by atoms with E-state index < -0.39 is 11.8 Å². The number of aromatic hydroxyl groups is 1. The summed E-state index contributed by atoms with van der Waals surface area (Å²) in [5, 5.41) is 15.8. The predicted molar refractivity (Wildman–Crippen MR) is 95.3 cm³/mol. The monoisotopic (exact) mass is 353 g/mol. The number of amides is 1. The van der Waals surface area contributed by atoms with Crippen LogP contribution in [-0.2, 0) is 4.79 Å². The summed E-state index contributed by atoms with van der Waals surface area (Å²) in [5.41, 5.74) is 1.66. The normalized spacial score (nSPS) is 12.2. The molecule has 0 spiro atoms. The molecule has 3 rings (SSSR count). The van der Waals surface area contributed by atoms with Crippen LogP contribution in [-0.4, -0.2) is 22.4 Å². The van der Waals surface area contributed by atoms with Gasteiger partial charge in [-0.25, -0.2) is 4.39 Å². The number of aliphatic imine (C=N–C) groups is 1. The van der Waals surface area contributed by atoms with Crippen molar-refractivity contribution in [3.05, 3.63) is 71.9 Å². The third-order valence-corrected chi connectivity index (χ3v) is 3.57. The summed E-state index contributed by atoms with van der Waals surface area (Å²) in [6.45, 7) is 1.75. The maximum absolute atomic E-state index is 13.0. The van der Waals surface area contributed by atoms with E-state index in [1.165, 1.54) is 42.6 Å². The number of aromatic nitrogens is 1. The average Bonchev–Trinajstić information content (AvgIpc) is 3.05. The molecule has 1 aromatic heterocycles. The Kier molecular flexibility index (Phi) is 5.07. The molecule has 2 N–H and O–H groups in total. The fourth-order valence-corrected chi connectivity index (χ4v) is 2.25. The molecule has 0 saturated heterocycles. The van der Waals surface area contributed by atoms with Crippen molar-refractivity contribution < 1.29 is 18.8 Å². The molecule has 132 valence electrons. The van der Waals surface area contributed by atoms with Gasteiger partial charge in [0.15, 0.2) is 5.76 Å². The highest BCUT2D eigenvalue weighted by atomic mass is 19.1. The zero-order valence-electron chi connectivity index (χ0n) is 13.9. The summed E-state index contributed by atoms with van der Waals surface area (Å²) < 4.78 is 18.2. The van der Waals surface area contributed by atoms with Crippen LogP contribution in [0.5, 0.6) is 5.75 Å². The van der Waals surface area contributed by atoms with Gasteiger partial charge in [-0.15, -0.1) is 0 Å². The van der Waals surface area contributed by atoms with Crippen LogP contribution in [0.2, 0.25) is 0 Å². The van der Waals surface area contributed by atoms with E-state index >= 15 is 0 Å². The fraction of sp³-hybridized carbons (Fsp3) is 0.105. The number of nitrogens with zero attached hydrogens (tertiary/aromatic N) is 2. The number of halogens is 1. The molecule has 0 radical (unpaired) electrons. The molecule has 3 aromatic rings. The average molecular weight is 353 g/mol. The minimum absolute atomic E-state index is 0.125. The molecule has 0 aliphatic rings. The number of hydrogen-bond donors (Lipinski definition) is 2. The summed E-state index contributed by atoms with van der Waals surface area (Å²) in [6.07, 6.45) is 1.44. The molecule has 0 saturated carbocycles. The highest BCUT2D eigenvalue weighted by Crippen LogP contribution is 2.21. The molecule has 2 aromatic carbocycles. The predicted octanol–water partition coefficient (Wildman–Crippen LogP) is 3.95. The van der Waals surface area contributed by atoms with Gasteiger partial charge in [-0.2, -0.15) is 0 Å². The zero-order chi connectivity index (χ0) is 18.5. The Bertz CT molecular complexity index is 918. The summed E-state index contributed by atoms with van der Waals surface area (Å²) in [6, 6.07) is 13.3. The lowest BCUT2D eigenvalue weighted by Gasteiger charge is -2.10. The van der Waals surface area contributed by atoms with Crippen LogP contribution in [0.4, 0.5) is 15.8 Å². The summed E-state index contributed by atoms with van der Waals surface area (Å²) in [5.74, 6) is -1.14. The number of hydrogen-bond acceptors (Lipinski definition) is 5. The first kappa shape index (κ1) is 17.3. The van der Waals surface area contributed by atoms with Gasteiger partial charge >= 0.3 is 0 Å². The van der Waals surface area contributed by atoms with Crippen LogP contribution < -0.4 is 5.32 Å². The summed E-state index contributed by atoms with van der Waals surface area (Å²) in [7, 11) is 0. The van der Waals surface area contributed by atoms with E-state index in [0.717, 1.165) is 0 Å². The Morgan fingerprint density at radius 3 is 2.54 bits per heavy atom. The van der Waals surface area contributed by atoms with E-state index in [-0.39, 0.29) is 11.6 Å². The minimum atomic E-state index is -0.824. The number of carbonyl (C=O) groups is 1. The van der Waals surface area contributed by atoms with Crippen LogP contribution in [0.15, 0.2) is 64.1 Å². The van der Waals surface area contributed by atoms with Gasteiger partial charge in [-0.05, 0) is 55.5 Å². The first-order valence-corrected chi connectivity index (χ1v) is 7.84. The van der Waals surface area contributed by atoms with Crippen molar-refractivity contribution in [1.82, 2.24) is 5.16 Å². The van der Waals surface area contributed by atoms with Crippen LogP contribution in [0.1, 0.15) is 17.4 Å². The Labute approximate surface area is 149 Å². The molecule has 0 aliphatic heterocycles. The van der Waals surface area contributed by atoms with Gasteiger partial charge in [0.05, 0.1) is 11.4 Å². The van der Waals surface area contributed by atoms with Crippen molar-refractivity contribution in [2.24, 2.45) is 4.99 Å². The van der Waals surface area contributed by atoms with Crippen LogP contribution in [0.25, 0.3) is 0 Å². The molecule has 0 fully saturated rings. The molecule has 0 aliphatic carbocycles. The number of carbonyl (C=O) groups excluding carboxylic acids is 1. The van der Waals surface area contributed by atoms with E-state index in [4.69, 9.17) is 4.52 Å². The van der Waals surface area contributed by atoms with E-state index in [1.54, 1.807) is 25.1 Å². The first-order chi connectivity index (χ1) is 12.5. The number of nitrogens with one attached hydrogen (secondary N) is 1. The quantitative estimate of drug-likeness (QED) is 0.680.